The van der Waals surface area contributed by atoms with E-state index in [0.717, 1.165) is 0 Å². The molecule has 0 aliphatic rings. The number of nitrogens with zero attached hydrogens (tertiary/aromatic N) is 2. The number of phenolic OH excluding ortho intramolecular Hbond substituents is 1. The van der Waals surface area contributed by atoms with Gasteiger partial charge in [-0.1, -0.05) is 18.2 Å². The molecule has 3 aromatic rings. The third kappa shape index (κ3) is 4.55. The molecule has 0 bridgehead atoms. The predicted octanol–water partition coefficient (Wildman–Crippen LogP) is 4.21. The van der Waals surface area contributed by atoms with Crippen LogP contribution in [0, 0.1) is 6.92 Å². The fourth-order valence-electron chi connectivity index (χ4n) is 2.65. The summed E-state index contributed by atoms with van der Waals surface area (Å²) in [5.41, 5.74) is 2.01. The lowest BCUT2D eigenvalue weighted by Gasteiger charge is -2.20. The van der Waals surface area contributed by atoms with E-state index < -0.39 is 5.97 Å². The molecule has 1 aromatic heterocycles. The highest BCUT2D eigenvalue weighted by molar-refractivity contribution is 7.14. The van der Waals surface area contributed by atoms with Crippen LogP contribution in [0.5, 0.6) is 11.5 Å². The molecule has 0 fully saturated rings. The highest BCUT2D eigenvalue weighted by Gasteiger charge is 2.21. The third-order valence-electron chi connectivity index (χ3n) is 4.17. The number of rotatable bonds is 6. The Morgan fingerprint density at radius 3 is 2.66 bits per heavy atom. The summed E-state index contributed by atoms with van der Waals surface area (Å²) < 4.78 is 10.6. The van der Waals surface area contributed by atoms with Crippen LogP contribution < -0.4 is 9.64 Å². The number of hydrogen-bond acceptors (Lipinski definition) is 7. The van der Waals surface area contributed by atoms with Crippen molar-refractivity contribution in [3.63, 3.8) is 0 Å². The predicted molar refractivity (Wildman–Crippen MR) is 110 cm³/mol. The van der Waals surface area contributed by atoms with E-state index in [9.17, 15) is 14.7 Å². The van der Waals surface area contributed by atoms with Crippen LogP contribution >= 0.6 is 11.3 Å². The lowest BCUT2D eigenvalue weighted by atomic mass is 10.1. The van der Waals surface area contributed by atoms with Crippen molar-refractivity contribution in [3.8, 4) is 11.5 Å². The van der Waals surface area contributed by atoms with E-state index in [0.29, 0.717) is 27.8 Å². The smallest absolute Gasteiger partial charge is 0.338 e. The van der Waals surface area contributed by atoms with Crippen molar-refractivity contribution in [2.24, 2.45) is 0 Å². The number of carbonyl (C=O) groups excluding carboxylic acids is 2. The molecular weight excluding hydrogens is 392 g/mol. The molecule has 1 N–H and O–H groups in total. The molecule has 0 saturated heterocycles. The van der Waals surface area contributed by atoms with Gasteiger partial charge in [-0.15, -0.1) is 11.3 Å². The Morgan fingerprint density at radius 1 is 1.21 bits per heavy atom. The van der Waals surface area contributed by atoms with E-state index in [4.69, 9.17) is 9.47 Å². The van der Waals surface area contributed by atoms with Crippen LogP contribution in [-0.2, 0) is 16.1 Å². The van der Waals surface area contributed by atoms with Gasteiger partial charge in [0.25, 0.3) is 0 Å². The van der Waals surface area contributed by atoms with Gasteiger partial charge >= 0.3 is 5.97 Å². The summed E-state index contributed by atoms with van der Waals surface area (Å²) in [4.78, 5) is 30.3. The van der Waals surface area contributed by atoms with Gasteiger partial charge < -0.3 is 14.6 Å². The van der Waals surface area contributed by atoms with Gasteiger partial charge in [0.2, 0.25) is 5.91 Å². The number of phenols is 1. The molecule has 0 aliphatic heterocycles. The standard InChI is InChI=1S/C21H20N2O5S/c1-13-8-9-15(10-18(13)25)20(26)28-11-16-12-29-21(22-16)23(14(2)24)17-6-4-5-7-19(17)27-3/h4-10,12,25H,11H2,1-3H3. The first kappa shape index (κ1) is 20.3. The van der Waals surface area contributed by atoms with Crippen LogP contribution in [0.4, 0.5) is 10.8 Å². The molecule has 8 heteroatoms. The van der Waals surface area contributed by atoms with E-state index >= 15 is 0 Å². The minimum absolute atomic E-state index is 0.0318. The lowest BCUT2D eigenvalue weighted by Crippen LogP contribution is -2.23. The van der Waals surface area contributed by atoms with Crippen molar-refractivity contribution in [3.05, 3.63) is 64.7 Å². The van der Waals surface area contributed by atoms with Crippen LogP contribution in [-0.4, -0.2) is 29.1 Å². The van der Waals surface area contributed by atoms with E-state index in [1.165, 1.54) is 36.3 Å². The Hall–Kier alpha value is -3.39. The summed E-state index contributed by atoms with van der Waals surface area (Å²) in [6, 6.07) is 11.7. The number of aryl methyl sites for hydroxylation is 1. The molecule has 1 heterocycles. The summed E-state index contributed by atoms with van der Waals surface area (Å²) in [7, 11) is 1.53. The molecule has 0 radical (unpaired) electrons. The van der Waals surface area contributed by atoms with Crippen LogP contribution in [0.2, 0.25) is 0 Å². The summed E-state index contributed by atoms with van der Waals surface area (Å²) in [6.07, 6.45) is 0. The highest BCUT2D eigenvalue weighted by Crippen LogP contribution is 2.35. The second-order valence-corrected chi connectivity index (χ2v) is 7.06. The second kappa shape index (κ2) is 8.74. The Bertz CT molecular complexity index is 1050. The fraction of sp³-hybridized carbons (Fsp3) is 0.190. The van der Waals surface area contributed by atoms with Gasteiger partial charge in [-0.2, -0.15) is 0 Å². The summed E-state index contributed by atoms with van der Waals surface area (Å²) in [5, 5.41) is 11.9. The summed E-state index contributed by atoms with van der Waals surface area (Å²) in [6.45, 7) is 3.13. The zero-order valence-corrected chi connectivity index (χ0v) is 17.0. The number of methoxy groups -OCH3 is 1. The van der Waals surface area contributed by atoms with Gasteiger partial charge in [0.15, 0.2) is 5.13 Å². The number of aromatic nitrogens is 1. The number of hydrogen-bond donors (Lipinski definition) is 1. The molecule has 0 spiro atoms. The van der Waals surface area contributed by atoms with Crippen molar-refractivity contribution < 1.29 is 24.2 Å². The van der Waals surface area contributed by atoms with Crippen LogP contribution in [0.3, 0.4) is 0 Å². The Labute approximate surface area is 172 Å². The van der Waals surface area contributed by atoms with Gasteiger partial charge in [-0.25, -0.2) is 9.78 Å². The molecule has 0 unspecified atom stereocenters. The summed E-state index contributed by atoms with van der Waals surface area (Å²) >= 11 is 1.26. The first-order valence-electron chi connectivity index (χ1n) is 8.75. The number of para-hydroxylation sites is 2. The van der Waals surface area contributed by atoms with Gasteiger partial charge in [0.1, 0.15) is 18.1 Å². The molecule has 0 atom stereocenters. The zero-order valence-electron chi connectivity index (χ0n) is 16.2. The van der Waals surface area contributed by atoms with Gasteiger partial charge in [-0.3, -0.25) is 9.69 Å². The summed E-state index contributed by atoms with van der Waals surface area (Å²) in [5.74, 6) is -0.208. The Kier molecular flexibility index (Phi) is 6.13. The maximum atomic E-state index is 12.3. The van der Waals surface area contributed by atoms with Crippen molar-refractivity contribution in [2.75, 3.05) is 12.0 Å². The average Bonchev–Trinajstić information content (AvgIpc) is 3.17. The maximum Gasteiger partial charge on any atom is 0.338 e. The van der Waals surface area contributed by atoms with Crippen molar-refractivity contribution >= 4 is 34.0 Å². The second-order valence-electron chi connectivity index (χ2n) is 6.23. The number of ether oxygens (including phenoxy) is 2. The van der Waals surface area contributed by atoms with Crippen LogP contribution in [0.15, 0.2) is 47.8 Å². The number of aromatic hydroxyl groups is 1. The van der Waals surface area contributed by atoms with Crippen LogP contribution in [0.25, 0.3) is 0 Å². The normalized spacial score (nSPS) is 10.4. The topological polar surface area (TPSA) is 89.0 Å². The Morgan fingerprint density at radius 2 is 1.97 bits per heavy atom. The van der Waals surface area contributed by atoms with E-state index in [1.54, 1.807) is 42.6 Å². The maximum absolute atomic E-state index is 12.3. The molecule has 1 amide bonds. The molecule has 2 aromatic carbocycles. The van der Waals surface area contributed by atoms with E-state index in [2.05, 4.69) is 4.98 Å². The molecule has 0 aliphatic carbocycles. The largest absolute Gasteiger partial charge is 0.508 e. The highest BCUT2D eigenvalue weighted by atomic mass is 32.1. The number of esters is 1. The van der Waals surface area contributed by atoms with E-state index in [1.807, 2.05) is 6.07 Å². The lowest BCUT2D eigenvalue weighted by molar-refractivity contribution is -0.115. The first-order valence-corrected chi connectivity index (χ1v) is 9.63. The minimum atomic E-state index is -0.567. The van der Waals surface area contributed by atoms with Crippen LogP contribution in [0.1, 0.15) is 28.5 Å². The van der Waals surface area contributed by atoms with Crippen molar-refractivity contribution in [1.82, 2.24) is 4.98 Å². The monoisotopic (exact) mass is 412 g/mol. The minimum Gasteiger partial charge on any atom is -0.508 e. The molecule has 7 nitrogen and oxygen atoms in total. The fourth-order valence-corrected chi connectivity index (χ4v) is 3.51. The number of benzene rings is 2. The molecule has 0 saturated carbocycles. The first-order chi connectivity index (χ1) is 13.9. The SMILES string of the molecule is COc1ccccc1N(C(C)=O)c1nc(COC(=O)c2ccc(C)c(O)c2)cs1. The number of amides is 1. The average molecular weight is 412 g/mol. The number of thiazole rings is 1. The number of carbonyl (C=O) groups is 2. The van der Waals surface area contributed by atoms with Gasteiger partial charge in [0.05, 0.1) is 24.1 Å². The van der Waals surface area contributed by atoms with Crippen molar-refractivity contribution in [2.45, 2.75) is 20.5 Å². The zero-order chi connectivity index (χ0) is 21.0. The Balaban J connectivity index is 1.76. The quantitative estimate of drug-likeness (QED) is 0.610. The van der Waals surface area contributed by atoms with Gasteiger partial charge in [0, 0.05) is 12.3 Å². The molecule has 150 valence electrons. The van der Waals surface area contributed by atoms with Crippen molar-refractivity contribution in [1.29, 1.82) is 0 Å². The molecular formula is C21H20N2O5S. The third-order valence-corrected chi connectivity index (χ3v) is 5.04. The molecule has 29 heavy (non-hydrogen) atoms. The van der Waals surface area contributed by atoms with E-state index in [-0.39, 0.29) is 23.8 Å². The van der Waals surface area contributed by atoms with Gasteiger partial charge in [-0.05, 0) is 36.8 Å². The molecule has 3 rings (SSSR count). The number of anilines is 2.